The Hall–Kier alpha value is -2.44. The second-order valence-corrected chi connectivity index (χ2v) is 4.90. The molecule has 2 atom stereocenters. The van der Waals surface area contributed by atoms with Crippen LogP contribution in [0.5, 0.6) is 0 Å². The first kappa shape index (κ1) is 15.9. The number of carbonyl (C=O) groups excluding carboxylic acids is 1. The number of aromatic nitrogens is 1. The lowest BCUT2D eigenvalue weighted by Gasteiger charge is -2.15. The van der Waals surface area contributed by atoms with Crippen LogP contribution in [-0.4, -0.2) is 33.3 Å². The number of benzene rings is 1. The third-order valence-corrected chi connectivity index (χ3v) is 3.18. The van der Waals surface area contributed by atoms with Gasteiger partial charge in [-0.25, -0.2) is 0 Å². The third-order valence-electron chi connectivity index (χ3n) is 3.18. The van der Waals surface area contributed by atoms with Gasteiger partial charge < -0.3 is 20.1 Å². The van der Waals surface area contributed by atoms with Crippen molar-refractivity contribution in [3.8, 4) is 0 Å². The highest BCUT2D eigenvalue weighted by atomic mass is 16.3. The lowest BCUT2D eigenvalue weighted by molar-refractivity contribution is -0.130. The molecule has 1 aromatic heterocycles. The molecule has 0 aliphatic rings. The van der Waals surface area contributed by atoms with Crippen molar-refractivity contribution in [3.05, 3.63) is 70.6 Å². The molecular formula is C16H18N2O4. The Labute approximate surface area is 127 Å². The summed E-state index contributed by atoms with van der Waals surface area (Å²) in [6, 6.07) is 13.2. The van der Waals surface area contributed by atoms with Crippen molar-refractivity contribution in [2.24, 2.45) is 0 Å². The first-order valence-corrected chi connectivity index (χ1v) is 6.92. The van der Waals surface area contributed by atoms with Crippen molar-refractivity contribution in [2.45, 2.75) is 18.8 Å². The predicted octanol–water partition coefficient (Wildman–Crippen LogP) is 0.0590. The van der Waals surface area contributed by atoms with Gasteiger partial charge in [0.25, 0.3) is 11.5 Å². The number of pyridine rings is 1. The number of hydrogen-bond donors (Lipinski definition) is 3. The fourth-order valence-corrected chi connectivity index (χ4v) is 2.00. The maximum Gasteiger partial charge on any atom is 0.253 e. The minimum Gasteiger partial charge on any atom is -0.389 e. The van der Waals surface area contributed by atoms with E-state index in [2.05, 4.69) is 5.32 Å². The van der Waals surface area contributed by atoms with E-state index in [0.29, 0.717) is 5.56 Å². The highest BCUT2D eigenvalue weighted by Gasteiger charge is 2.17. The molecule has 6 nitrogen and oxygen atoms in total. The Morgan fingerprint density at radius 1 is 1.09 bits per heavy atom. The van der Waals surface area contributed by atoms with Crippen LogP contribution in [-0.2, 0) is 11.3 Å². The predicted molar refractivity (Wildman–Crippen MR) is 81.1 cm³/mol. The summed E-state index contributed by atoms with van der Waals surface area (Å²) >= 11 is 0. The number of carbonyl (C=O) groups is 1. The van der Waals surface area contributed by atoms with Gasteiger partial charge >= 0.3 is 0 Å². The average Bonchev–Trinajstić information content (AvgIpc) is 2.55. The number of nitrogens with zero attached hydrogens (tertiary/aromatic N) is 1. The van der Waals surface area contributed by atoms with Crippen molar-refractivity contribution >= 4 is 5.91 Å². The van der Waals surface area contributed by atoms with Crippen LogP contribution in [0.4, 0.5) is 0 Å². The summed E-state index contributed by atoms with van der Waals surface area (Å²) in [4.78, 5) is 23.3. The number of aliphatic hydroxyl groups is 2. The molecule has 1 aromatic carbocycles. The van der Waals surface area contributed by atoms with Crippen molar-refractivity contribution < 1.29 is 15.0 Å². The molecule has 3 N–H and O–H groups in total. The topological polar surface area (TPSA) is 91.6 Å². The van der Waals surface area contributed by atoms with Crippen LogP contribution in [0, 0.1) is 0 Å². The molecule has 116 valence electrons. The molecule has 2 unspecified atom stereocenters. The minimum atomic E-state index is -1.28. The standard InChI is InChI=1S/C16H18N2O4/c19-13(11-18-9-5-4-8-14(18)20)10-17-16(22)15(21)12-6-2-1-3-7-12/h1-9,13,15,19,21H,10-11H2,(H,17,22). The molecule has 2 rings (SSSR count). The molecule has 1 heterocycles. The molecule has 0 saturated heterocycles. The van der Waals surface area contributed by atoms with E-state index in [1.807, 2.05) is 0 Å². The molecule has 0 fully saturated rings. The van der Waals surface area contributed by atoms with Crippen molar-refractivity contribution in [3.63, 3.8) is 0 Å². The van der Waals surface area contributed by atoms with E-state index in [4.69, 9.17) is 0 Å². The molecule has 1 amide bonds. The summed E-state index contributed by atoms with van der Waals surface area (Å²) in [6.07, 6.45) is -0.647. The highest BCUT2D eigenvalue weighted by Crippen LogP contribution is 2.11. The second kappa shape index (κ2) is 7.53. The van der Waals surface area contributed by atoms with Crippen molar-refractivity contribution in [1.82, 2.24) is 9.88 Å². The summed E-state index contributed by atoms with van der Waals surface area (Å²) in [5.41, 5.74) is 0.256. The van der Waals surface area contributed by atoms with Gasteiger partial charge in [-0.1, -0.05) is 36.4 Å². The summed E-state index contributed by atoms with van der Waals surface area (Å²) < 4.78 is 1.35. The van der Waals surface area contributed by atoms with Crippen molar-refractivity contribution in [1.29, 1.82) is 0 Å². The molecule has 0 aliphatic heterocycles. The SMILES string of the molecule is O=C(NCC(O)Cn1ccccc1=O)C(O)c1ccccc1. The number of aliphatic hydroxyl groups excluding tert-OH is 2. The molecule has 0 spiro atoms. The molecule has 0 bridgehead atoms. The van der Waals surface area contributed by atoms with Crippen LogP contribution >= 0.6 is 0 Å². The molecule has 0 saturated carbocycles. The molecule has 0 radical (unpaired) electrons. The zero-order valence-electron chi connectivity index (χ0n) is 11.9. The maximum absolute atomic E-state index is 11.8. The lowest BCUT2D eigenvalue weighted by Crippen LogP contribution is -2.38. The van der Waals surface area contributed by atoms with Gasteiger partial charge in [0.1, 0.15) is 0 Å². The Morgan fingerprint density at radius 2 is 1.77 bits per heavy atom. The summed E-state index contributed by atoms with van der Waals surface area (Å²) in [7, 11) is 0. The first-order valence-electron chi connectivity index (χ1n) is 6.92. The molecular weight excluding hydrogens is 284 g/mol. The summed E-state index contributed by atoms with van der Waals surface area (Å²) in [6.45, 7) is 0.0193. The van der Waals surface area contributed by atoms with Gasteiger partial charge in [0, 0.05) is 18.8 Å². The second-order valence-electron chi connectivity index (χ2n) is 4.90. The maximum atomic E-state index is 11.8. The largest absolute Gasteiger partial charge is 0.389 e. The minimum absolute atomic E-state index is 0.0515. The van der Waals surface area contributed by atoms with Crippen LogP contribution < -0.4 is 10.9 Å². The smallest absolute Gasteiger partial charge is 0.253 e. The van der Waals surface area contributed by atoms with Crippen LogP contribution in [0.1, 0.15) is 11.7 Å². The lowest BCUT2D eigenvalue weighted by atomic mass is 10.1. The van der Waals surface area contributed by atoms with Gasteiger partial charge in [-0.05, 0) is 11.6 Å². The van der Waals surface area contributed by atoms with E-state index in [-0.39, 0.29) is 18.6 Å². The number of hydrogen-bond acceptors (Lipinski definition) is 4. The monoisotopic (exact) mass is 302 g/mol. The number of amides is 1. The van der Waals surface area contributed by atoms with Gasteiger partial charge in [0.05, 0.1) is 12.6 Å². The Balaban J connectivity index is 1.86. The Bertz CT molecular complexity index is 669. The van der Waals surface area contributed by atoms with Crippen LogP contribution in [0.2, 0.25) is 0 Å². The quantitative estimate of drug-likeness (QED) is 0.703. The molecule has 2 aromatic rings. The van der Waals surface area contributed by atoms with Gasteiger partial charge in [0.15, 0.2) is 6.10 Å². The number of nitrogens with one attached hydrogen (secondary N) is 1. The van der Waals surface area contributed by atoms with Crippen LogP contribution in [0.3, 0.4) is 0 Å². The van der Waals surface area contributed by atoms with Gasteiger partial charge in [-0.15, -0.1) is 0 Å². The van der Waals surface area contributed by atoms with Crippen LogP contribution in [0.25, 0.3) is 0 Å². The van der Waals surface area contributed by atoms with Gasteiger partial charge in [0.2, 0.25) is 0 Å². The fraction of sp³-hybridized carbons (Fsp3) is 0.250. The van der Waals surface area contributed by atoms with E-state index in [0.717, 1.165) is 0 Å². The fourth-order valence-electron chi connectivity index (χ4n) is 2.00. The summed E-state index contributed by atoms with van der Waals surface area (Å²) in [5.74, 6) is -0.592. The molecule has 0 aliphatic carbocycles. The van der Waals surface area contributed by atoms with E-state index in [9.17, 15) is 19.8 Å². The van der Waals surface area contributed by atoms with E-state index < -0.39 is 18.1 Å². The highest BCUT2D eigenvalue weighted by molar-refractivity contribution is 5.81. The van der Waals surface area contributed by atoms with Gasteiger partial charge in [-0.2, -0.15) is 0 Å². The molecule has 22 heavy (non-hydrogen) atoms. The van der Waals surface area contributed by atoms with E-state index in [1.54, 1.807) is 48.7 Å². The first-order chi connectivity index (χ1) is 10.6. The molecule has 6 heteroatoms. The third kappa shape index (κ3) is 4.28. The van der Waals surface area contributed by atoms with Gasteiger partial charge in [-0.3, -0.25) is 9.59 Å². The Morgan fingerprint density at radius 3 is 2.45 bits per heavy atom. The average molecular weight is 302 g/mol. The summed E-state index contributed by atoms with van der Waals surface area (Å²) in [5, 5.41) is 22.2. The Kier molecular flexibility index (Phi) is 5.46. The zero-order chi connectivity index (χ0) is 15.9. The van der Waals surface area contributed by atoms with E-state index >= 15 is 0 Å². The van der Waals surface area contributed by atoms with Crippen molar-refractivity contribution in [2.75, 3.05) is 6.54 Å². The van der Waals surface area contributed by atoms with E-state index in [1.165, 1.54) is 10.6 Å². The zero-order valence-corrected chi connectivity index (χ0v) is 11.9. The normalized spacial score (nSPS) is 13.4. The van der Waals surface area contributed by atoms with Crippen LogP contribution in [0.15, 0.2) is 59.5 Å². The number of rotatable bonds is 6.